The molecule has 3 rings (SSSR count). The van der Waals surface area contributed by atoms with Gasteiger partial charge in [0.25, 0.3) is 5.91 Å². The third-order valence-corrected chi connectivity index (χ3v) is 6.88. The van der Waals surface area contributed by atoms with E-state index in [2.05, 4.69) is 36.6 Å². The molecule has 1 aliphatic rings. The molecule has 1 fully saturated rings. The quantitative estimate of drug-likeness (QED) is 0.129. The summed E-state index contributed by atoms with van der Waals surface area (Å²) in [5, 5.41) is 16.0. The molecule has 0 saturated heterocycles. The average Bonchev–Trinajstić information content (AvgIpc) is 2.96. The van der Waals surface area contributed by atoms with Crippen LogP contribution in [0.4, 0.5) is 17.5 Å². The van der Waals surface area contributed by atoms with Gasteiger partial charge in [-0.1, -0.05) is 25.8 Å². The molecule has 1 saturated carbocycles. The number of nitrogens with two attached hydrogens (primary N) is 1. The molecule has 12 nitrogen and oxygen atoms in total. The fourth-order valence-electron chi connectivity index (χ4n) is 4.66. The van der Waals surface area contributed by atoms with Crippen LogP contribution in [0.15, 0.2) is 42.6 Å². The smallest absolute Gasteiger partial charge is 0.256 e. The number of anilines is 3. The van der Waals surface area contributed by atoms with Crippen molar-refractivity contribution in [3.05, 3.63) is 53.7 Å². The van der Waals surface area contributed by atoms with Crippen LogP contribution in [0, 0.1) is 0 Å². The van der Waals surface area contributed by atoms with Gasteiger partial charge in [0.2, 0.25) is 17.8 Å². The largest absolute Gasteiger partial charge is 0.369 e. The lowest BCUT2D eigenvalue weighted by Crippen LogP contribution is -2.51. The van der Waals surface area contributed by atoms with Gasteiger partial charge in [0.05, 0.1) is 0 Å². The maximum atomic E-state index is 13.0. The van der Waals surface area contributed by atoms with E-state index in [9.17, 15) is 14.4 Å². The summed E-state index contributed by atoms with van der Waals surface area (Å²) in [6.45, 7) is 4.62. The first kappa shape index (κ1) is 32.5. The van der Waals surface area contributed by atoms with Crippen LogP contribution >= 0.6 is 0 Å². The lowest BCUT2D eigenvalue weighted by Gasteiger charge is -2.32. The van der Waals surface area contributed by atoms with E-state index < -0.39 is 5.91 Å². The number of rotatable bonds is 16. The van der Waals surface area contributed by atoms with Crippen molar-refractivity contribution in [2.24, 2.45) is 5.73 Å². The number of hydrogen-bond acceptors (Lipinski definition) is 9. The number of benzene rings is 1. The molecule has 0 aliphatic heterocycles. The highest BCUT2D eigenvalue weighted by atomic mass is 16.2. The average molecular weight is 580 g/mol. The maximum absolute atomic E-state index is 13.0. The van der Waals surface area contributed by atoms with Crippen LogP contribution in [-0.4, -0.2) is 84.9 Å². The predicted octanol–water partition coefficient (Wildman–Crippen LogP) is 2.40. The second kappa shape index (κ2) is 17.0. The van der Waals surface area contributed by atoms with Crippen molar-refractivity contribution in [1.82, 2.24) is 30.8 Å². The fourth-order valence-corrected chi connectivity index (χ4v) is 4.66. The molecule has 1 aromatic carbocycles. The van der Waals surface area contributed by atoms with E-state index in [1.165, 1.54) is 6.20 Å². The number of amides is 3. The molecular weight excluding hydrogens is 534 g/mol. The van der Waals surface area contributed by atoms with Crippen molar-refractivity contribution in [2.45, 2.75) is 57.5 Å². The molecular formula is C30H45N9O3. The molecule has 0 unspecified atom stereocenters. The zero-order valence-electron chi connectivity index (χ0n) is 24.9. The van der Waals surface area contributed by atoms with Crippen molar-refractivity contribution in [2.75, 3.05) is 50.9 Å². The summed E-state index contributed by atoms with van der Waals surface area (Å²) in [5.41, 5.74) is 6.76. The summed E-state index contributed by atoms with van der Waals surface area (Å²) < 4.78 is 0. The van der Waals surface area contributed by atoms with Crippen LogP contribution in [0.1, 0.15) is 66.2 Å². The monoisotopic (exact) mass is 579 g/mol. The van der Waals surface area contributed by atoms with Gasteiger partial charge in [-0.3, -0.25) is 14.4 Å². The minimum Gasteiger partial charge on any atom is -0.369 e. The Labute approximate surface area is 248 Å². The molecule has 42 heavy (non-hydrogen) atoms. The Balaban J connectivity index is 1.49. The van der Waals surface area contributed by atoms with E-state index in [0.29, 0.717) is 41.7 Å². The van der Waals surface area contributed by atoms with E-state index in [4.69, 9.17) is 5.73 Å². The number of nitrogens with one attached hydrogen (secondary N) is 5. The van der Waals surface area contributed by atoms with Crippen molar-refractivity contribution < 1.29 is 14.4 Å². The summed E-state index contributed by atoms with van der Waals surface area (Å²) in [5.74, 6) is -0.0401. The zero-order valence-corrected chi connectivity index (χ0v) is 24.9. The summed E-state index contributed by atoms with van der Waals surface area (Å²) in [6, 6.07) is 6.97. The molecule has 0 spiro atoms. The Morgan fingerprint density at radius 3 is 2.48 bits per heavy atom. The predicted molar refractivity (Wildman–Crippen MR) is 166 cm³/mol. The van der Waals surface area contributed by atoms with Gasteiger partial charge in [-0.25, -0.2) is 4.98 Å². The van der Waals surface area contributed by atoms with Gasteiger partial charge in [-0.2, -0.15) is 4.98 Å². The highest BCUT2D eigenvalue weighted by Gasteiger charge is 2.25. The Morgan fingerprint density at radius 1 is 1.05 bits per heavy atom. The third-order valence-electron chi connectivity index (χ3n) is 6.88. The lowest BCUT2D eigenvalue weighted by molar-refractivity contribution is -0.117. The molecule has 2 aromatic rings. The van der Waals surface area contributed by atoms with Crippen molar-refractivity contribution >= 4 is 35.2 Å². The molecule has 2 atom stereocenters. The number of nitrogens with zero attached hydrogens (tertiary/aromatic N) is 3. The van der Waals surface area contributed by atoms with E-state index >= 15 is 0 Å². The normalized spacial score (nSPS) is 16.8. The fraction of sp³-hybridized carbons (Fsp3) is 0.500. The number of likely N-dealkylation sites (N-methyl/N-ethyl adjacent to an activating group) is 1. The first-order chi connectivity index (χ1) is 20.3. The van der Waals surface area contributed by atoms with Crippen LogP contribution in [0.25, 0.3) is 0 Å². The molecule has 3 amide bonds. The Bertz CT molecular complexity index is 1200. The van der Waals surface area contributed by atoms with Crippen LogP contribution in [0.3, 0.4) is 0 Å². The summed E-state index contributed by atoms with van der Waals surface area (Å²) >= 11 is 0. The Kier molecular flexibility index (Phi) is 13.2. The van der Waals surface area contributed by atoms with Crippen LogP contribution in [0.2, 0.25) is 0 Å². The van der Waals surface area contributed by atoms with Crippen molar-refractivity contribution in [3.8, 4) is 0 Å². The SMILES string of the molecule is CCCNc1nc(Nc2ccc(C(N)=O)cc2)ncc1C(=O)NCCCN[C@@H]1CCCC[C@@H]1NC(=O)/C=C/CN(C)C. The number of primary amides is 1. The summed E-state index contributed by atoms with van der Waals surface area (Å²) in [7, 11) is 3.93. The molecule has 7 N–H and O–H groups in total. The lowest BCUT2D eigenvalue weighted by atomic mass is 9.90. The standard InChI is InChI=1S/C30H45N9O3/c1-4-16-33-28-23(20-35-30(38-28)36-22-14-12-21(13-15-22)27(31)41)29(42)34-18-8-17-32-24-9-5-6-10-25(24)37-26(40)11-7-19-39(2)3/h7,11-15,20,24-25,32H,4-6,8-10,16-19H2,1-3H3,(H2,31,41)(H,34,42)(H,37,40)(H2,33,35,36,38)/b11-7+/t24-,25+/m1/s1. The van der Waals surface area contributed by atoms with Gasteiger partial charge in [-0.05, 0) is 70.6 Å². The molecule has 1 aliphatic carbocycles. The molecule has 1 aromatic heterocycles. The Morgan fingerprint density at radius 2 is 1.79 bits per heavy atom. The van der Waals surface area contributed by atoms with Gasteiger partial charge >= 0.3 is 0 Å². The van der Waals surface area contributed by atoms with Crippen molar-refractivity contribution in [1.29, 1.82) is 0 Å². The molecule has 12 heteroatoms. The molecule has 1 heterocycles. The number of carbonyl (C=O) groups excluding carboxylic acids is 3. The maximum Gasteiger partial charge on any atom is 0.256 e. The van der Waals surface area contributed by atoms with Crippen LogP contribution in [-0.2, 0) is 4.79 Å². The zero-order chi connectivity index (χ0) is 30.3. The minimum atomic E-state index is -0.499. The topological polar surface area (TPSA) is 166 Å². The second-order valence-corrected chi connectivity index (χ2v) is 10.7. The number of aromatic nitrogens is 2. The highest BCUT2D eigenvalue weighted by molar-refractivity contribution is 5.98. The van der Waals surface area contributed by atoms with Gasteiger partial charge in [0.15, 0.2) is 0 Å². The van der Waals surface area contributed by atoms with E-state index in [-0.39, 0.29) is 23.9 Å². The minimum absolute atomic E-state index is 0.0558. The second-order valence-electron chi connectivity index (χ2n) is 10.7. The summed E-state index contributed by atoms with van der Waals surface area (Å²) in [6.07, 6.45) is 10.8. The van der Waals surface area contributed by atoms with Gasteiger partial charge in [0, 0.05) is 55.2 Å². The van der Waals surface area contributed by atoms with Gasteiger partial charge < -0.3 is 37.2 Å². The first-order valence-corrected chi connectivity index (χ1v) is 14.7. The number of carbonyl (C=O) groups is 3. The van der Waals surface area contributed by atoms with Gasteiger partial charge in [0.1, 0.15) is 11.4 Å². The number of hydrogen-bond donors (Lipinski definition) is 6. The summed E-state index contributed by atoms with van der Waals surface area (Å²) in [4.78, 5) is 47.5. The van der Waals surface area contributed by atoms with Crippen LogP contribution < -0.4 is 32.3 Å². The first-order valence-electron chi connectivity index (χ1n) is 14.7. The molecule has 228 valence electrons. The van der Waals surface area contributed by atoms with E-state index in [1.807, 2.05) is 32.0 Å². The molecule has 0 radical (unpaired) electrons. The molecule has 0 bridgehead atoms. The van der Waals surface area contributed by atoms with E-state index in [1.54, 1.807) is 30.3 Å². The van der Waals surface area contributed by atoms with Crippen molar-refractivity contribution in [3.63, 3.8) is 0 Å². The Hall–Kier alpha value is -4.03. The van der Waals surface area contributed by atoms with E-state index in [0.717, 1.165) is 51.6 Å². The highest BCUT2D eigenvalue weighted by Crippen LogP contribution is 2.20. The third kappa shape index (κ3) is 10.7. The van der Waals surface area contributed by atoms with Gasteiger partial charge in [-0.15, -0.1) is 0 Å². The van der Waals surface area contributed by atoms with Crippen LogP contribution in [0.5, 0.6) is 0 Å².